The Morgan fingerprint density at radius 3 is 2.50 bits per heavy atom. The Morgan fingerprint density at radius 2 is 1.94 bits per heavy atom. The van der Waals surface area contributed by atoms with Gasteiger partial charge in [0, 0.05) is 18.7 Å². The summed E-state index contributed by atoms with van der Waals surface area (Å²) in [6.45, 7) is 7.77. The van der Waals surface area contributed by atoms with E-state index in [1.807, 2.05) is 13.8 Å². The van der Waals surface area contributed by atoms with E-state index in [1.54, 1.807) is 0 Å². The number of ether oxygens (including phenoxy) is 1. The lowest BCUT2D eigenvalue weighted by molar-refractivity contribution is 0.0286. The highest BCUT2D eigenvalue weighted by Gasteiger charge is 2.20. The van der Waals surface area contributed by atoms with Gasteiger partial charge in [0.2, 0.25) is 0 Å². The molecule has 0 saturated heterocycles. The summed E-state index contributed by atoms with van der Waals surface area (Å²) in [4.78, 5) is 0. The predicted molar refractivity (Wildman–Crippen MR) is 74.8 cm³/mol. The lowest BCUT2D eigenvalue weighted by Crippen LogP contribution is -2.48. The average Bonchev–Trinajstić information content (AvgIpc) is 2.40. The van der Waals surface area contributed by atoms with Crippen LogP contribution >= 0.6 is 0 Å². The van der Waals surface area contributed by atoms with E-state index < -0.39 is 6.10 Å². The summed E-state index contributed by atoms with van der Waals surface area (Å²) in [6, 6.07) is 0. The third-order valence-corrected chi connectivity index (χ3v) is 3.35. The number of unbranched alkanes of at least 4 members (excludes halogenated alkanes) is 3. The van der Waals surface area contributed by atoms with Crippen LogP contribution in [0.3, 0.4) is 0 Å². The van der Waals surface area contributed by atoms with E-state index in [2.05, 4.69) is 12.2 Å². The highest BCUT2D eigenvalue weighted by atomic mass is 16.5. The second-order valence-corrected chi connectivity index (χ2v) is 5.24. The maximum Gasteiger partial charge on any atom is 0.0897 e. The standard InChI is InChI=1S/C14H31NO3/c1-4-6-7-8-9-18-11-13(17)10-15-14(3,5-2)12-16/h13,15-17H,4-12H2,1-3H3. The number of hydrogen-bond acceptors (Lipinski definition) is 4. The minimum absolute atomic E-state index is 0.0775. The Morgan fingerprint density at radius 1 is 1.22 bits per heavy atom. The molecule has 0 saturated carbocycles. The third-order valence-electron chi connectivity index (χ3n) is 3.35. The third kappa shape index (κ3) is 8.86. The molecule has 0 bridgehead atoms. The molecule has 110 valence electrons. The van der Waals surface area contributed by atoms with Crippen LogP contribution < -0.4 is 5.32 Å². The van der Waals surface area contributed by atoms with Gasteiger partial charge in [0.1, 0.15) is 0 Å². The second kappa shape index (κ2) is 10.7. The molecule has 0 aliphatic rings. The number of nitrogens with one attached hydrogen (secondary N) is 1. The van der Waals surface area contributed by atoms with E-state index in [0.29, 0.717) is 13.2 Å². The Kier molecular flexibility index (Phi) is 10.6. The van der Waals surface area contributed by atoms with Crippen LogP contribution in [-0.2, 0) is 4.74 Å². The van der Waals surface area contributed by atoms with Crippen molar-refractivity contribution in [2.45, 2.75) is 64.5 Å². The van der Waals surface area contributed by atoms with Gasteiger partial charge < -0.3 is 20.3 Å². The fraction of sp³-hybridized carbons (Fsp3) is 1.00. The predicted octanol–water partition coefficient (Wildman–Crippen LogP) is 1.69. The fourth-order valence-corrected chi connectivity index (χ4v) is 1.57. The number of aliphatic hydroxyl groups excluding tert-OH is 2. The van der Waals surface area contributed by atoms with Gasteiger partial charge in [0.05, 0.1) is 19.3 Å². The van der Waals surface area contributed by atoms with Crippen LogP contribution in [0.5, 0.6) is 0 Å². The molecule has 0 aliphatic carbocycles. The number of β-amino-alcohol motifs (C(OH)–C–C–N with tert-alkyl or cyclic N) is 1. The SMILES string of the molecule is CCCCCCOCC(O)CNC(C)(CC)CO. The molecule has 2 unspecified atom stereocenters. The zero-order valence-electron chi connectivity index (χ0n) is 12.2. The minimum atomic E-state index is -0.506. The smallest absolute Gasteiger partial charge is 0.0897 e. The summed E-state index contributed by atoms with van der Waals surface area (Å²) < 4.78 is 5.42. The van der Waals surface area contributed by atoms with E-state index in [4.69, 9.17) is 4.74 Å². The largest absolute Gasteiger partial charge is 0.394 e. The van der Waals surface area contributed by atoms with Crippen LogP contribution in [0, 0.1) is 0 Å². The lowest BCUT2D eigenvalue weighted by atomic mass is 10.0. The van der Waals surface area contributed by atoms with E-state index in [1.165, 1.54) is 19.3 Å². The Hall–Kier alpha value is -0.160. The quantitative estimate of drug-likeness (QED) is 0.468. The van der Waals surface area contributed by atoms with Crippen LogP contribution in [0.15, 0.2) is 0 Å². The van der Waals surface area contributed by atoms with Crippen molar-refractivity contribution in [2.75, 3.05) is 26.4 Å². The summed E-state index contributed by atoms with van der Waals surface area (Å²) in [7, 11) is 0. The Bertz CT molecular complexity index is 184. The maximum atomic E-state index is 9.74. The van der Waals surface area contributed by atoms with Crippen LogP contribution in [0.25, 0.3) is 0 Å². The summed E-state index contributed by atoms with van der Waals surface area (Å²) in [5.41, 5.74) is -0.303. The molecule has 0 rings (SSSR count). The van der Waals surface area contributed by atoms with Crippen LogP contribution in [0.1, 0.15) is 52.9 Å². The Labute approximate surface area is 112 Å². The molecule has 0 fully saturated rings. The normalized spacial score (nSPS) is 16.5. The first kappa shape index (κ1) is 17.8. The van der Waals surface area contributed by atoms with E-state index in [0.717, 1.165) is 19.4 Å². The van der Waals surface area contributed by atoms with Gasteiger partial charge in [-0.1, -0.05) is 33.1 Å². The summed E-state index contributed by atoms with van der Waals surface area (Å²) >= 11 is 0. The molecule has 2 atom stereocenters. The van der Waals surface area contributed by atoms with Crippen LogP contribution in [-0.4, -0.2) is 48.2 Å². The molecule has 4 nitrogen and oxygen atoms in total. The van der Waals surface area contributed by atoms with Gasteiger partial charge in [0.25, 0.3) is 0 Å². The Balaban J connectivity index is 3.50. The average molecular weight is 261 g/mol. The van der Waals surface area contributed by atoms with Gasteiger partial charge in [-0.3, -0.25) is 0 Å². The van der Waals surface area contributed by atoms with Gasteiger partial charge in [0.15, 0.2) is 0 Å². The van der Waals surface area contributed by atoms with Crippen molar-refractivity contribution < 1.29 is 14.9 Å². The monoisotopic (exact) mass is 261 g/mol. The minimum Gasteiger partial charge on any atom is -0.394 e. The summed E-state index contributed by atoms with van der Waals surface area (Å²) in [5, 5.41) is 22.1. The highest BCUT2D eigenvalue weighted by Crippen LogP contribution is 2.07. The summed E-state index contributed by atoms with van der Waals surface area (Å²) in [5.74, 6) is 0. The van der Waals surface area contributed by atoms with Crippen molar-refractivity contribution in [3.05, 3.63) is 0 Å². The molecular weight excluding hydrogens is 230 g/mol. The van der Waals surface area contributed by atoms with E-state index >= 15 is 0 Å². The van der Waals surface area contributed by atoms with Crippen molar-refractivity contribution in [1.29, 1.82) is 0 Å². The van der Waals surface area contributed by atoms with Crippen molar-refractivity contribution in [3.8, 4) is 0 Å². The van der Waals surface area contributed by atoms with Gasteiger partial charge in [-0.2, -0.15) is 0 Å². The molecule has 0 aromatic carbocycles. The number of rotatable bonds is 12. The molecule has 18 heavy (non-hydrogen) atoms. The fourth-order valence-electron chi connectivity index (χ4n) is 1.57. The molecular formula is C14H31NO3. The van der Waals surface area contributed by atoms with Gasteiger partial charge in [-0.15, -0.1) is 0 Å². The number of aliphatic hydroxyl groups is 2. The second-order valence-electron chi connectivity index (χ2n) is 5.24. The van der Waals surface area contributed by atoms with E-state index in [-0.39, 0.29) is 12.1 Å². The molecule has 0 aromatic rings. The van der Waals surface area contributed by atoms with E-state index in [9.17, 15) is 10.2 Å². The molecule has 0 amide bonds. The molecule has 0 aliphatic heterocycles. The first-order chi connectivity index (χ1) is 8.58. The van der Waals surface area contributed by atoms with Gasteiger partial charge in [-0.25, -0.2) is 0 Å². The van der Waals surface area contributed by atoms with Gasteiger partial charge >= 0.3 is 0 Å². The maximum absolute atomic E-state index is 9.74. The van der Waals surface area contributed by atoms with Crippen molar-refractivity contribution in [1.82, 2.24) is 5.32 Å². The first-order valence-electron chi connectivity index (χ1n) is 7.19. The first-order valence-corrected chi connectivity index (χ1v) is 7.19. The molecule has 0 heterocycles. The van der Waals surface area contributed by atoms with Crippen molar-refractivity contribution in [2.24, 2.45) is 0 Å². The zero-order valence-corrected chi connectivity index (χ0v) is 12.2. The highest BCUT2D eigenvalue weighted by molar-refractivity contribution is 4.81. The molecule has 4 heteroatoms. The number of hydrogen-bond donors (Lipinski definition) is 3. The van der Waals surface area contributed by atoms with Crippen molar-refractivity contribution >= 4 is 0 Å². The summed E-state index contributed by atoms with van der Waals surface area (Å²) in [6.07, 6.45) is 5.06. The zero-order chi connectivity index (χ0) is 13.9. The van der Waals surface area contributed by atoms with Crippen LogP contribution in [0.2, 0.25) is 0 Å². The molecule has 0 radical (unpaired) electrons. The topological polar surface area (TPSA) is 61.7 Å². The molecule has 0 aromatic heterocycles. The van der Waals surface area contributed by atoms with Crippen LogP contribution in [0.4, 0.5) is 0 Å². The molecule has 3 N–H and O–H groups in total. The lowest BCUT2D eigenvalue weighted by Gasteiger charge is -2.28. The van der Waals surface area contributed by atoms with Gasteiger partial charge in [-0.05, 0) is 19.8 Å². The van der Waals surface area contributed by atoms with Crippen molar-refractivity contribution in [3.63, 3.8) is 0 Å². The molecule has 0 spiro atoms.